The van der Waals surface area contributed by atoms with Crippen LogP contribution in [0.4, 0.5) is 0 Å². The fourth-order valence-corrected chi connectivity index (χ4v) is 4.79. The zero-order valence-electron chi connectivity index (χ0n) is 20.3. The molecule has 0 radical (unpaired) electrons. The lowest BCUT2D eigenvalue weighted by molar-refractivity contribution is -0.213. The lowest BCUT2D eigenvalue weighted by atomic mass is 9.65. The van der Waals surface area contributed by atoms with Crippen LogP contribution in [0.3, 0.4) is 0 Å². The summed E-state index contributed by atoms with van der Waals surface area (Å²) in [7, 11) is 0. The largest absolute Gasteiger partial charge is 0.416 e. The van der Waals surface area contributed by atoms with E-state index in [1.54, 1.807) is 0 Å². The van der Waals surface area contributed by atoms with E-state index in [0.717, 1.165) is 0 Å². The fourth-order valence-electron chi connectivity index (χ4n) is 4.79. The van der Waals surface area contributed by atoms with Gasteiger partial charge in [0.1, 0.15) is 6.04 Å². The molecule has 5 saturated carbocycles. The summed E-state index contributed by atoms with van der Waals surface area (Å²) >= 11 is 0. The summed E-state index contributed by atoms with van der Waals surface area (Å²) in [6.45, 7) is 0. The van der Waals surface area contributed by atoms with Gasteiger partial charge < -0.3 is 25.4 Å². The van der Waals surface area contributed by atoms with Crippen molar-refractivity contribution in [1.29, 1.82) is 0 Å². The first-order valence-electron chi connectivity index (χ1n) is 13.1. The van der Waals surface area contributed by atoms with Crippen molar-refractivity contribution in [3.63, 3.8) is 0 Å². The molecule has 37 heavy (non-hydrogen) atoms. The van der Waals surface area contributed by atoms with Gasteiger partial charge in [-0.05, 0) is 64.2 Å². The van der Waals surface area contributed by atoms with Gasteiger partial charge in [-0.1, -0.05) is 0 Å². The Labute approximate surface area is 212 Å². The lowest BCUT2D eigenvalue weighted by Gasteiger charge is -2.47. The molecule has 4 N–H and O–H groups in total. The number of nitrogens with one attached hydrogen (secondary N) is 1. The van der Waals surface area contributed by atoms with E-state index in [9.17, 15) is 44.1 Å². The highest BCUT2D eigenvalue weighted by molar-refractivity contribution is 6.41. The van der Waals surface area contributed by atoms with Gasteiger partial charge in [-0.15, -0.1) is 0 Å². The number of hydrogen-bond acceptors (Lipinski definition) is 11. The highest BCUT2D eigenvalue weighted by Crippen LogP contribution is 2.47. The van der Waals surface area contributed by atoms with Crippen molar-refractivity contribution in [3.8, 4) is 0 Å². The fraction of sp³-hybridized carbons (Fsp3) is 0.731. The van der Waals surface area contributed by atoms with Gasteiger partial charge in [0.25, 0.3) is 0 Å². The molecule has 0 heterocycles. The maximum absolute atomic E-state index is 13.7. The number of ether oxygens (including phenoxy) is 1. The standard InChI is InChI=1S/C26H31NO10/c28-11-17(37-24(34)15-7-8-15)23(33)26(36,22(32)14-5-6-14)25(35,21(31)13-3-4-13)20(27-16-9-10-16)19(30)18(29)12-1-2-12/h12-16,20,23,27,33,35-36H,1-10H2/t20-,23-,25+,26-/m1/s1. The zero-order chi connectivity index (χ0) is 26.7. The number of aliphatic hydroxyl groups is 3. The smallest absolute Gasteiger partial charge is 0.314 e. The van der Waals surface area contributed by atoms with E-state index in [1.165, 1.54) is 5.94 Å². The van der Waals surface area contributed by atoms with Gasteiger partial charge in [0, 0.05) is 23.8 Å². The lowest BCUT2D eigenvalue weighted by Crippen LogP contribution is -2.78. The first-order chi connectivity index (χ1) is 17.5. The third kappa shape index (κ3) is 4.75. The van der Waals surface area contributed by atoms with Crippen LogP contribution >= 0.6 is 0 Å². The average molecular weight is 518 g/mol. The van der Waals surface area contributed by atoms with Crippen LogP contribution < -0.4 is 5.32 Å². The van der Waals surface area contributed by atoms with Gasteiger partial charge in [0.15, 0.2) is 34.8 Å². The van der Waals surface area contributed by atoms with E-state index in [1.807, 2.05) is 0 Å². The summed E-state index contributed by atoms with van der Waals surface area (Å²) in [6, 6.07) is -2.42. The number of ketones is 4. The van der Waals surface area contributed by atoms with Crippen LogP contribution in [0.15, 0.2) is 5.76 Å². The second-order valence-electron chi connectivity index (χ2n) is 11.3. The van der Waals surface area contributed by atoms with E-state index in [2.05, 4.69) is 5.32 Å². The van der Waals surface area contributed by atoms with Gasteiger partial charge in [0.2, 0.25) is 17.3 Å². The van der Waals surface area contributed by atoms with E-state index in [-0.39, 0.29) is 18.9 Å². The third-order valence-corrected chi connectivity index (χ3v) is 7.95. The molecule has 0 aliphatic heterocycles. The van der Waals surface area contributed by atoms with Crippen LogP contribution in [-0.4, -0.2) is 79.8 Å². The van der Waals surface area contributed by atoms with Crippen molar-refractivity contribution in [3.05, 3.63) is 5.76 Å². The second-order valence-corrected chi connectivity index (χ2v) is 11.3. The predicted molar refractivity (Wildman–Crippen MR) is 122 cm³/mol. The monoisotopic (exact) mass is 517 g/mol. The Kier molecular flexibility index (Phi) is 6.57. The molecule has 0 aromatic carbocycles. The Balaban J connectivity index is 1.61. The normalized spacial score (nSPS) is 26.0. The molecule has 5 aliphatic rings. The Morgan fingerprint density at radius 3 is 1.68 bits per heavy atom. The summed E-state index contributed by atoms with van der Waals surface area (Å²) in [5.41, 5.74) is -6.78. The first-order valence-corrected chi connectivity index (χ1v) is 13.1. The van der Waals surface area contributed by atoms with Crippen molar-refractivity contribution in [2.45, 2.75) is 93.6 Å². The van der Waals surface area contributed by atoms with E-state index >= 15 is 0 Å². The molecule has 5 aliphatic carbocycles. The van der Waals surface area contributed by atoms with Crippen molar-refractivity contribution >= 4 is 35.0 Å². The van der Waals surface area contributed by atoms with Crippen molar-refractivity contribution in [1.82, 2.24) is 5.32 Å². The van der Waals surface area contributed by atoms with Gasteiger partial charge in [-0.3, -0.25) is 24.0 Å². The number of carbonyl (C=O) groups excluding carboxylic acids is 6. The minimum atomic E-state index is -3.46. The Hall–Kier alpha value is -2.56. The Morgan fingerprint density at radius 2 is 1.24 bits per heavy atom. The highest BCUT2D eigenvalue weighted by atomic mass is 16.6. The van der Waals surface area contributed by atoms with Crippen LogP contribution in [0, 0.1) is 23.7 Å². The zero-order valence-corrected chi connectivity index (χ0v) is 20.3. The van der Waals surface area contributed by atoms with Gasteiger partial charge >= 0.3 is 5.97 Å². The van der Waals surface area contributed by atoms with E-state index in [4.69, 9.17) is 4.74 Å². The summed E-state index contributed by atoms with van der Waals surface area (Å²) in [4.78, 5) is 77.7. The Bertz CT molecular complexity index is 1090. The van der Waals surface area contributed by atoms with Gasteiger partial charge in [0.05, 0.1) is 5.92 Å². The minimum absolute atomic E-state index is 0.277. The van der Waals surface area contributed by atoms with Crippen LogP contribution in [0.2, 0.25) is 0 Å². The molecule has 4 atom stereocenters. The highest BCUT2D eigenvalue weighted by Gasteiger charge is 2.72. The number of esters is 1. The molecule has 11 heteroatoms. The molecular weight excluding hydrogens is 486 g/mol. The first kappa shape index (κ1) is 26.1. The number of Topliss-reactive ketones (excluding diaryl/α,β-unsaturated/α-hetero) is 4. The molecule has 0 bridgehead atoms. The summed E-state index contributed by atoms with van der Waals surface area (Å²) in [5.74, 6) is -7.91. The number of aliphatic hydroxyl groups excluding tert-OH is 1. The third-order valence-electron chi connectivity index (χ3n) is 7.95. The van der Waals surface area contributed by atoms with Crippen LogP contribution in [0.25, 0.3) is 0 Å². The molecule has 5 rings (SSSR count). The van der Waals surface area contributed by atoms with Crippen LogP contribution in [-0.2, 0) is 33.5 Å². The number of rotatable bonds is 15. The van der Waals surface area contributed by atoms with Gasteiger partial charge in [-0.25, -0.2) is 4.79 Å². The molecule has 0 saturated heterocycles. The Morgan fingerprint density at radius 1 is 0.757 bits per heavy atom. The summed E-state index contributed by atoms with van der Waals surface area (Å²) in [5, 5.41) is 38.3. The number of carbonyl (C=O) groups is 5. The van der Waals surface area contributed by atoms with Crippen molar-refractivity contribution < 1.29 is 48.8 Å². The summed E-state index contributed by atoms with van der Waals surface area (Å²) in [6.07, 6.45) is 1.48. The maximum Gasteiger partial charge on any atom is 0.314 e. The summed E-state index contributed by atoms with van der Waals surface area (Å²) < 4.78 is 4.96. The van der Waals surface area contributed by atoms with E-state index in [0.29, 0.717) is 51.4 Å². The van der Waals surface area contributed by atoms with Crippen LogP contribution in [0.1, 0.15) is 64.2 Å². The molecule has 0 aromatic rings. The molecular formula is C26H31NO10. The molecule has 0 aromatic heterocycles. The number of hydrogen-bond donors (Lipinski definition) is 4. The SMILES string of the molecule is O=C=C(OC(=O)C1CC1)[C@@H](O)[C@](O)(C(=O)C1CC1)[C@@](O)(C(=O)C1CC1)[C@H](NC1CC1)C(=O)C(=O)C1CC1. The predicted octanol–water partition coefficient (Wildman–Crippen LogP) is -0.895. The average Bonchev–Trinajstić information content (AvgIpc) is 3.73. The van der Waals surface area contributed by atoms with Crippen LogP contribution in [0.5, 0.6) is 0 Å². The topological polar surface area (TPSA) is 184 Å². The molecule has 11 nitrogen and oxygen atoms in total. The van der Waals surface area contributed by atoms with Gasteiger partial charge in [-0.2, -0.15) is 0 Å². The van der Waals surface area contributed by atoms with Crippen molar-refractivity contribution in [2.24, 2.45) is 23.7 Å². The van der Waals surface area contributed by atoms with E-state index < -0.39 is 81.9 Å². The molecule has 5 fully saturated rings. The van der Waals surface area contributed by atoms with Crippen molar-refractivity contribution in [2.75, 3.05) is 0 Å². The molecule has 200 valence electrons. The minimum Gasteiger partial charge on any atom is -0.416 e. The molecule has 0 unspecified atom stereocenters. The molecule has 0 amide bonds. The molecule has 0 spiro atoms. The maximum atomic E-state index is 13.7. The quantitative estimate of drug-likeness (QED) is 0.0914. The second kappa shape index (κ2) is 9.32.